The van der Waals surface area contributed by atoms with Crippen molar-refractivity contribution in [3.63, 3.8) is 0 Å². The van der Waals surface area contributed by atoms with Crippen molar-refractivity contribution in [3.8, 4) is 0 Å². The van der Waals surface area contributed by atoms with Crippen LogP contribution < -0.4 is 4.72 Å². The van der Waals surface area contributed by atoms with E-state index in [9.17, 15) is 8.42 Å². The number of sulfonamides is 1. The molecule has 0 aliphatic heterocycles. The van der Waals surface area contributed by atoms with Crippen LogP contribution in [0.3, 0.4) is 0 Å². The minimum Gasteiger partial charge on any atom is -0.392 e. The third-order valence-electron chi connectivity index (χ3n) is 3.50. The molecule has 1 aliphatic rings. The maximum Gasteiger partial charge on any atom is 0.240 e. The maximum atomic E-state index is 12.3. The van der Waals surface area contributed by atoms with Gasteiger partial charge < -0.3 is 5.11 Å². The summed E-state index contributed by atoms with van der Waals surface area (Å²) in [5.74, 6) is 1.07. The molecule has 20 heavy (non-hydrogen) atoms. The number of aliphatic hydroxyl groups is 1. The van der Waals surface area contributed by atoms with E-state index >= 15 is 0 Å². The fourth-order valence-electron chi connectivity index (χ4n) is 2.53. The number of hydrogen-bond acceptors (Lipinski definition) is 4. The summed E-state index contributed by atoms with van der Waals surface area (Å²) < 4.78 is 27.4. The zero-order chi connectivity index (χ0) is 14.6. The van der Waals surface area contributed by atoms with E-state index in [1.165, 1.54) is 6.07 Å². The molecule has 0 saturated heterocycles. The van der Waals surface area contributed by atoms with Crippen molar-refractivity contribution in [2.75, 3.05) is 5.75 Å². The quantitative estimate of drug-likeness (QED) is 0.844. The van der Waals surface area contributed by atoms with Gasteiger partial charge in [0, 0.05) is 11.3 Å². The monoisotopic (exact) mass is 315 g/mol. The smallest absolute Gasteiger partial charge is 0.240 e. The first-order valence-electron chi connectivity index (χ1n) is 6.89. The summed E-state index contributed by atoms with van der Waals surface area (Å²) in [6.07, 6.45) is 2.87. The Balaban J connectivity index is 2.04. The summed E-state index contributed by atoms with van der Waals surface area (Å²) >= 11 is 1.90. The highest BCUT2D eigenvalue weighted by atomic mass is 32.2. The first kappa shape index (κ1) is 15.8. The molecular weight excluding hydrogens is 294 g/mol. The van der Waals surface area contributed by atoms with Gasteiger partial charge in [-0.1, -0.05) is 19.1 Å². The summed E-state index contributed by atoms with van der Waals surface area (Å²) in [6, 6.07) is 6.49. The Labute approximate surface area is 125 Å². The predicted octanol–water partition coefficient (Wildman–Crippen LogP) is 2.13. The number of rotatable bonds is 6. The van der Waals surface area contributed by atoms with Gasteiger partial charge in [-0.05, 0) is 42.7 Å². The maximum absolute atomic E-state index is 12.3. The van der Waals surface area contributed by atoms with Gasteiger partial charge in [0.25, 0.3) is 0 Å². The SMILES string of the molecule is CCSC1CCC(NS(=O)(=O)c2cccc(CO)c2)C1. The van der Waals surface area contributed by atoms with Crippen molar-refractivity contribution >= 4 is 21.8 Å². The molecular formula is C14H21NO3S2. The third-order valence-corrected chi connectivity index (χ3v) is 6.25. The molecule has 1 saturated carbocycles. The molecule has 4 nitrogen and oxygen atoms in total. The molecule has 0 heterocycles. The van der Waals surface area contributed by atoms with Gasteiger partial charge in [-0.2, -0.15) is 11.8 Å². The molecule has 112 valence electrons. The zero-order valence-corrected chi connectivity index (χ0v) is 13.2. The third kappa shape index (κ3) is 3.97. The van der Waals surface area contributed by atoms with E-state index in [1.54, 1.807) is 18.2 Å². The second-order valence-corrected chi connectivity index (χ2v) is 8.31. The van der Waals surface area contributed by atoms with Crippen LogP contribution in [0, 0.1) is 0 Å². The van der Waals surface area contributed by atoms with Gasteiger partial charge in [0.15, 0.2) is 0 Å². The highest BCUT2D eigenvalue weighted by molar-refractivity contribution is 7.99. The van der Waals surface area contributed by atoms with Crippen LogP contribution in [0.25, 0.3) is 0 Å². The summed E-state index contributed by atoms with van der Waals surface area (Å²) in [6.45, 7) is 1.98. The van der Waals surface area contributed by atoms with Crippen LogP contribution in [-0.2, 0) is 16.6 Å². The van der Waals surface area contributed by atoms with Crippen molar-refractivity contribution in [2.24, 2.45) is 0 Å². The number of hydrogen-bond donors (Lipinski definition) is 2. The minimum atomic E-state index is -3.49. The molecule has 0 radical (unpaired) electrons. The molecule has 1 aromatic rings. The molecule has 6 heteroatoms. The van der Waals surface area contributed by atoms with E-state index in [1.807, 2.05) is 11.8 Å². The van der Waals surface area contributed by atoms with E-state index in [-0.39, 0.29) is 17.5 Å². The normalized spacial score (nSPS) is 23.1. The Hall–Kier alpha value is -0.560. The number of nitrogens with one attached hydrogen (secondary N) is 1. The van der Waals surface area contributed by atoms with E-state index in [2.05, 4.69) is 11.6 Å². The van der Waals surface area contributed by atoms with Crippen LogP contribution in [0.15, 0.2) is 29.2 Å². The Kier molecular flexibility index (Phi) is 5.49. The van der Waals surface area contributed by atoms with Crippen LogP contribution in [-0.4, -0.2) is 30.6 Å². The lowest BCUT2D eigenvalue weighted by atomic mass is 10.2. The topological polar surface area (TPSA) is 66.4 Å². The van der Waals surface area contributed by atoms with Gasteiger partial charge in [-0.25, -0.2) is 13.1 Å². The van der Waals surface area contributed by atoms with Crippen molar-refractivity contribution in [2.45, 2.75) is 49.0 Å². The largest absolute Gasteiger partial charge is 0.392 e. The van der Waals surface area contributed by atoms with Crippen molar-refractivity contribution in [1.82, 2.24) is 4.72 Å². The molecule has 1 aliphatic carbocycles. The first-order chi connectivity index (χ1) is 9.55. The van der Waals surface area contributed by atoms with Crippen LogP contribution in [0.2, 0.25) is 0 Å². The van der Waals surface area contributed by atoms with Gasteiger partial charge in [-0.3, -0.25) is 0 Å². The lowest BCUT2D eigenvalue weighted by Crippen LogP contribution is -2.33. The van der Waals surface area contributed by atoms with E-state index < -0.39 is 10.0 Å². The highest BCUT2D eigenvalue weighted by Crippen LogP contribution is 2.30. The molecule has 1 aromatic carbocycles. The van der Waals surface area contributed by atoms with Crippen LogP contribution in [0.4, 0.5) is 0 Å². The van der Waals surface area contributed by atoms with Gasteiger partial charge in [0.1, 0.15) is 0 Å². The summed E-state index contributed by atoms with van der Waals surface area (Å²) in [5.41, 5.74) is 0.610. The van der Waals surface area contributed by atoms with Crippen LogP contribution in [0.1, 0.15) is 31.7 Å². The van der Waals surface area contributed by atoms with Gasteiger partial charge in [0.05, 0.1) is 11.5 Å². The second kappa shape index (κ2) is 6.93. The van der Waals surface area contributed by atoms with Crippen LogP contribution >= 0.6 is 11.8 Å². The number of aliphatic hydroxyl groups excluding tert-OH is 1. The molecule has 0 aromatic heterocycles. The standard InChI is InChI=1S/C14H21NO3S2/c1-2-19-13-7-6-12(9-13)15-20(17,18)14-5-3-4-11(8-14)10-16/h3-5,8,12-13,15-16H,2,6-7,9-10H2,1H3. The molecule has 0 spiro atoms. The van der Waals surface area contributed by atoms with Crippen molar-refractivity contribution < 1.29 is 13.5 Å². The lowest BCUT2D eigenvalue weighted by molar-refractivity contribution is 0.281. The van der Waals surface area contributed by atoms with Crippen molar-refractivity contribution in [1.29, 1.82) is 0 Å². The average molecular weight is 315 g/mol. The summed E-state index contributed by atoms with van der Waals surface area (Å²) in [4.78, 5) is 0.232. The zero-order valence-electron chi connectivity index (χ0n) is 11.6. The Morgan fingerprint density at radius 1 is 1.40 bits per heavy atom. The van der Waals surface area contributed by atoms with Gasteiger partial charge >= 0.3 is 0 Å². The molecule has 2 atom stereocenters. The fraction of sp³-hybridized carbons (Fsp3) is 0.571. The minimum absolute atomic E-state index is 0.0295. The Bertz CT molecular complexity index is 545. The second-order valence-electron chi connectivity index (χ2n) is 5.01. The molecule has 0 amide bonds. The Morgan fingerprint density at radius 2 is 2.20 bits per heavy atom. The van der Waals surface area contributed by atoms with Crippen LogP contribution in [0.5, 0.6) is 0 Å². The molecule has 2 N–H and O–H groups in total. The summed E-state index contributed by atoms with van der Waals surface area (Å²) in [5, 5.41) is 9.65. The molecule has 0 bridgehead atoms. The lowest BCUT2D eigenvalue weighted by Gasteiger charge is -2.14. The number of thioether (sulfide) groups is 1. The number of benzene rings is 1. The van der Waals surface area contributed by atoms with E-state index in [0.29, 0.717) is 10.8 Å². The van der Waals surface area contributed by atoms with E-state index in [4.69, 9.17) is 5.11 Å². The Morgan fingerprint density at radius 3 is 2.90 bits per heavy atom. The average Bonchev–Trinajstić information content (AvgIpc) is 2.86. The summed E-state index contributed by atoms with van der Waals surface area (Å²) in [7, 11) is -3.49. The first-order valence-corrected chi connectivity index (χ1v) is 9.42. The molecule has 2 rings (SSSR count). The highest BCUT2D eigenvalue weighted by Gasteiger charge is 2.28. The molecule has 2 unspecified atom stereocenters. The fourth-order valence-corrected chi connectivity index (χ4v) is 5.03. The van der Waals surface area contributed by atoms with E-state index in [0.717, 1.165) is 25.0 Å². The van der Waals surface area contributed by atoms with Crippen molar-refractivity contribution in [3.05, 3.63) is 29.8 Å². The van der Waals surface area contributed by atoms with Gasteiger partial charge in [-0.15, -0.1) is 0 Å². The predicted molar refractivity (Wildman–Crippen MR) is 82.2 cm³/mol. The van der Waals surface area contributed by atoms with Gasteiger partial charge in [0.2, 0.25) is 10.0 Å². The molecule has 1 fully saturated rings.